The molecule has 2 heteroatoms. The van der Waals surface area contributed by atoms with Crippen molar-refractivity contribution < 1.29 is 10.2 Å². The molecule has 0 aliphatic heterocycles. The van der Waals surface area contributed by atoms with Crippen LogP contribution in [0.3, 0.4) is 0 Å². The zero-order valence-electron chi connectivity index (χ0n) is 37.7. The Morgan fingerprint density at radius 2 is 0.636 bits per heavy atom. The molecule has 0 spiro atoms. The SMILES string of the molecule is CC(C)=CCC/C(C)=C/CC/C(C)=C/CC/C(C)=C/CC/C(C)=C/CC/C(C)=C\CC/C(C)=C/CC/C(C)=C/CC/C(C)=C/Cc1cc(O)c(C)c(C)c1O. The highest BCUT2D eigenvalue weighted by atomic mass is 16.3. The molecule has 0 amide bonds. The quantitative estimate of drug-likeness (QED) is 0.0731. The average molecular weight is 751 g/mol. The highest BCUT2D eigenvalue weighted by Crippen LogP contribution is 2.32. The fourth-order valence-electron chi connectivity index (χ4n) is 6.62. The van der Waals surface area contributed by atoms with E-state index in [-0.39, 0.29) is 5.75 Å². The summed E-state index contributed by atoms with van der Waals surface area (Å²) in [7, 11) is 0. The smallest absolute Gasteiger partial charge is 0.122 e. The van der Waals surface area contributed by atoms with E-state index in [2.05, 4.69) is 124 Å². The summed E-state index contributed by atoms with van der Waals surface area (Å²) in [5.41, 5.74) is 15.5. The van der Waals surface area contributed by atoms with Crippen LogP contribution in [0, 0.1) is 13.8 Å². The summed E-state index contributed by atoms with van der Waals surface area (Å²) in [6.07, 6.45) is 40.3. The Kier molecular flexibility index (Phi) is 25.9. The van der Waals surface area contributed by atoms with Gasteiger partial charge in [-0.05, 0) is 209 Å². The molecule has 0 saturated carbocycles. The fourth-order valence-corrected chi connectivity index (χ4v) is 6.62. The number of phenolic OH excluding ortho intramolecular Hbond substituents is 2. The lowest BCUT2D eigenvalue weighted by atomic mass is 9.99. The van der Waals surface area contributed by atoms with Crippen molar-refractivity contribution in [3.8, 4) is 11.5 Å². The van der Waals surface area contributed by atoms with Crippen molar-refractivity contribution in [2.45, 2.75) is 192 Å². The monoisotopic (exact) mass is 751 g/mol. The molecule has 55 heavy (non-hydrogen) atoms. The summed E-state index contributed by atoms with van der Waals surface area (Å²) in [5.74, 6) is 0.554. The van der Waals surface area contributed by atoms with Crippen molar-refractivity contribution in [2.75, 3.05) is 0 Å². The first-order valence-corrected chi connectivity index (χ1v) is 21.5. The number of benzene rings is 1. The molecule has 0 fully saturated rings. The zero-order chi connectivity index (χ0) is 41.2. The second-order valence-corrected chi connectivity index (χ2v) is 16.9. The number of hydrogen-bond donors (Lipinski definition) is 2. The van der Waals surface area contributed by atoms with Crippen LogP contribution in [0.5, 0.6) is 11.5 Å². The third-order valence-corrected chi connectivity index (χ3v) is 10.9. The van der Waals surface area contributed by atoms with Gasteiger partial charge in [-0.2, -0.15) is 0 Å². The molecule has 0 heterocycles. The van der Waals surface area contributed by atoms with E-state index >= 15 is 0 Å². The van der Waals surface area contributed by atoms with Gasteiger partial charge in [0.15, 0.2) is 0 Å². The summed E-state index contributed by atoms with van der Waals surface area (Å²) in [5, 5.41) is 20.6. The molecule has 0 unspecified atom stereocenters. The van der Waals surface area contributed by atoms with E-state index in [1.807, 2.05) is 13.8 Å². The Morgan fingerprint density at radius 3 is 0.909 bits per heavy atom. The first-order valence-electron chi connectivity index (χ1n) is 21.5. The summed E-state index contributed by atoms with van der Waals surface area (Å²) < 4.78 is 0. The summed E-state index contributed by atoms with van der Waals surface area (Å²) in [6, 6.07) is 1.69. The molecule has 0 aliphatic carbocycles. The van der Waals surface area contributed by atoms with Crippen LogP contribution < -0.4 is 0 Å². The van der Waals surface area contributed by atoms with Crippen molar-refractivity contribution in [1.29, 1.82) is 0 Å². The lowest BCUT2D eigenvalue weighted by Crippen LogP contribution is -1.91. The maximum absolute atomic E-state index is 10.4. The molecular weight excluding hydrogens is 669 g/mol. The van der Waals surface area contributed by atoms with Crippen LogP contribution in [0.1, 0.15) is 189 Å². The van der Waals surface area contributed by atoms with Crippen LogP contribution in [0.25, 0.3) is 0 Å². The van der Waals surface area contributed by atoms with Crippen molar-refractivity contribution in [3.63, 3.8) is 0 Å². The van der Waals surface area contributed by atoms with E-state index in [1.165, 1.54) is 69.4 Å². The lowest BCUT2D eigenvalue weighted by Gasteiger charge is -2.10. The zero-order valence-corrected chi connectivity index (χ0v) is 37.7. The van der Waals surface area contributed by atoms with Crippen LogP contribution in [-0.2, 0) is 6.42 Å². The van der Waals surface area contributed by atoms with Gasteiger partial charge in [0.1, 0.15) is 11.5 Å². The molecule has 2 N–H and O–H groups in total. The maximum atomic E-state index is 10.4. The van der Waals surface area contributed by atoms with Crippen LogP contribution in [0.2, 0.25) is 0 Å². The second-order valence-electron chi connectivity index (χ2n) is 16.9. The van der Waals surface area contributed by atoms with Crippen LogP contribution >= 0.6 is 0 Å². The first kappa shape index (κ1) is 49.5. The number of phenols is 2. The minimum atomic E-state index is 0.255. The van der Waals surface area contributed by atoms with Gasteiger partial charge in [-0.1, -0.05) is 105 Å². The summed E-state index contributed by atoms with van der Waals surface area (Å²) in [6.45, 7) is 26.2. The Hall–Kier alpha value is -3.52. The first-order chi connectivity index (χ1) is 26.1. The maximum Gasteiger partial charge on any atom is 0.122 e. The van der Waals surface area contributed by atoms with Crippen LogP contribution in [0.4, 0.5) is 0 Å². The van der Waals surface area contributed by atoms with E-state index in [9.17, 15) is 10.2 Å². The third kappa shape index (κ3) is 24.6. The van der Waals surface area contributed by atoms with E-state index in [0.29, 0.717) is 12.2 Å². The van der Waals surface area contributed by atoms with E-state index in [0.717, 1.165) is 100 Å². The Balaban J connectivity index is 2.28. The van der Waals surface area contributed by atoms with Crippen molar-refractivity contribution >= 4 is 0 Å². The topological polar surface area (TPSA) is 40.5 Å². The van der Waals surface area contributed by atoms with Gasteiger partial charge < -0.3 is 10.2 Å². The minimum Gasteiger partial charge on any atom is -0.508 e. The average Bonchev–Trinajstić information content (AvgIpc) is 3.11. The second kappa shape index (κ2) is 28.8. The Labute approximate surface area is 340 Å². The Morgan fingerprint density at radius 1 is 0.382 bits per heavy atom. The number of hydrogen-bond acceptors (Lipinski definition) is 2. The predicted octanol–water partition coefficient (Wildman–Crippen LogP) is 17.0. The fraction of sp³-hybridized carbons (Fsp3) is 0.547. The third-order valence-electron chi connectivity index (χ3n) is 10.9. The number of rotatable bonds is 26. The van der Waals surface area contributed by atoms with Gasteiger partial charge >= 0.3 is 0 Å². The normalized spacial score (nSPS) is 14.3. The number of allylic oxidation sites excluding steroid dienone is 18. The summed E-state index contributed by atoms with van der Waals surface area (Å²) in [4.78, 5) is 0. The molecule has 1 rings (SSSR count). The van der Waals surface area contributed by atoms with E-state index in [1.54, 1.807) is 6.07 Å². The van der Waals surface area contributed by atoms with Gasteiger partial charge in [0.25, 0.3) is 0 Å². The molecule has 306 valence electrons. The van der Waals surface area contributed by atoms with E-state index in [4.69, 9.17) is 0 Å². The predicted molar refractivity (Wildman–Crippen MR) is 246 cm³/mol. The van der Waals surface area contributed by atoms with Gasteiger partial charge in [0, 0.05) is 5.56 Å². The highest BCUT2D eigenvalue weighted by Gasteiger charge is 2.10. The van der Waals surface area contributed by atoms with E-state index < -0.39 is 0 Å². The number of aromatic hydroxyl groups is 2. The largest absolute Gasteiger partial charge is 0.508 e. The van der Waals surface area contributed by atoms with Gasteiger partial charge in [-0.15, -0.1) is 0 Å². The Bertz CT molecular complexity index is 1590. The van der Waals surface area contributed by atoms with Crippen molar-refractivity contribution in [1.82, 2.24) is 0 Å². The van der Waals surface area contributed by atoms with Crippen LogP contribution in [0.15, 0.2) is 111 Å². The molecule has 0 bridgehead atoms. The minimum absolute atomic E-state index is 0.255. The molecule has 0 aromatic heterocycles. The molecule has 0 saturated heterocycles. The molecule has 0 aliphatic rings. The molecular formula is C53H82O2. The van der Waals surface area contributed by atoms with Gasteiger partial charge in [0.2, 0.25) is 0 Å². The summed E-state index contributed by atoms with van der Waals surface area (Å²) >= 11 is 0. The molecule has 0 atom stereocenters. The standard InChI is InChI=1S/C53H82O2/c1-40(2)21-13-22-41(3)23-14-24-42(4)25-15-26-43(5)27-16-28-44(6)29-17-30-45(7)31-18-32-46(8)33-19-34-47(9)35-20-36-48(10)37-38-51-39-52(54)49(11)50(12)53(51)55/h21,23,25,27,29,31,33,35,37,39,54-55H,13-20,22,24,26,28,30,32,34,36,38H2,1-12H3/b41-23+,42-25+,43-27+,44-29+,45-31-,46-33+,47-35+,48-37+. The molecule has 0 radical (unpaired) electrons. The lowest BCUT2D eigenvalue weighted by molar-refractivity contribution is 0.448. The van der Waals surface area contributed by atoms with Crippen LogP contribution in [-0.4, -0.2) is 10.2 Å². The van der Waals surface area contributed by atoms with Crippen molar-refractivity contribution in [3.05, 3.63) is 128 Å². The molecule has 1 aromatic carbocycles. The van der Waals surface area contributed by atoms with Gasteiger partial charge in [-0.3, -0.25) is 0 Å². The highest BCUT2D eigenvalue weighted by molar-refractivity contribution is 5.51. The van der Waals surface area contributed by atoms with Gasteiger partial charge in [-0.25, -0.2) is 0 Å². The van der Waals surface area contributed by atoms with Crippen molar-refractivity contribution in [2.24, 2.45) is 0 Å². The van der Waals surface area contributed by atoms with Gasteiger partial charge in [0.05, 0.1) is 0 Å². The molecule has 1 aromatic rings. The molecule has 2 nitrogen and oxygen atoms in total.